The van der Waals surface area contributed by atoms with Crippen LogP contribution < -0.4 is 0 Å². The van der Waals surface area contributed by atoms with Gasteiger partial charge < -0.3 is 0 Å². The van der Waals surface area contributed by atoms with E-state index in [1.807, 2.05) is 84.9 Å². The summed E-state index contributed by atoms with van der Waals surface area (Å²) in [6.07, 6.45) is 0. The van der Waals surface area contributed by atoms with E-state index in [0.29, 0.717) is 22.3 Å². The van der Waals surface area contributed by atoms with Crippen LogP contribution in [0.25, 0.3) is 33.4 Å². The van der Waals surface area contributed by atoms with Gasteiger partial charge in [0.2, 0.25) is 0 Å². The Morgan fingerprint density at radius 2 is 0.810 bits per heavy atom. The normalized spacial score (nSPS) is 10.8. The van der Waals surface area contributed by atoms with Crippen LogP contribution in [0.15, 0.2) is 146 Å². The number of carbonyl (C=O) groups is 2. The second-order valence-electron chi connectivity index (χ2n) is 9.89. The molecule has 42 heavy (non-hydrogen) atoms. The molecule has 6 aromatic carbocycles. The summed E-state index contributed by atoms with van der Waals surface area (Å²) in [5, 5.41) is 0. The standard InChI is InChI=1S/C38H24F2O2/c39-31-19-15-29(16-20-31)37(41)28-13-11-25(12-14-28)33-23-24-34(38(42)30-17-21-32(40)22-18-30)36(27-9-5-2-6-10-27)35(33)26-7-3-1-4-8-26/h1-24H. The maximum absolute atomic E-state index is 13.9. The molecule has 0 atom stereocenters. The highest BCUT2D eigenvalue weighted by Gasteiger charge is 2.23. The Morgan fingerprint density at radius 3 is 1.31 bits per heavy atom. The molecule has 0 amide bonds. The highest BCUT2D eigenvalue weighted by molar-refractivity contribution is 6.16. The van der Waals surface area contributed by atoms with Gasteiger partial charge in [-0.1, -0.05) is 91.0 Å². The minimum atomic E-state index is -0.406. The van der Waals surface area contributed by atoms with Gasteiger partial charge in [-0.05, 0) is 82.4 Å². The average molecular weight is 551 g/mol. The molecule has 0 fully saturated rings. The molecule has 0 saturated heterocycles. The van der Waals surface area contributed by atoms with E-state index in [-0.39, 0.29) is 11.6 Å². The van der Waals surface area contributed by atoms with Gasteiger partial charge in [-0.15, -0.1) is 0 Å². The number of rotatable bonds is 7. The van der Waals surface area contributed by atoms with Crippen LogP contribution in [0.2, 0.25) is 0 Å². The van der Waals surface area contributed by atoms with Crippen molar-refractivity contribution in [3.8, 4) is 33.4 Å². The molecular formula is C38H24F2O2. The van der Waals surface area contributed by atoms with Crippen molar-refractivity contribution in [1.82, 2.24) is 0 Å². The summed E-state index contributed by atoms with van der Waals surface area (Å²) in [7, 11) is 0. The monoisotopic (exact) mass is 550 g/mol. The Kier molecular flexibility index (Phi) is 7.35. The molecule has 0 aliphatic heterocycles. The van der Waals surface area contributed by atoms with Crippen LogP contribution in [0.4, 0.5) is 8.78 Å². The van der Waals surface area contributed by atoms with Crippen LogP contribution in [-0.4, -0.2) is 11.6 Å². The minimum absolute atomic E-state index is 0.199. The van der Waals surface area contributed by atoms with Gasteiger partial charge in [0.05, 0.1) is 0 Å². The first-order chi connectivity index (χ1) is 20.5. The lowest BCUT2D eigenvalue weighted by Crippen LogP contribution is -2.06. The third kappa shape index (κ3) is 5.30. The largest absolute Gasteiger partial charge is 0.289 e. The molecule has 6 rings (SSSR count). The topological polar surface area (TPSA) is 34.1 Å². The Bertz CT molecular complexity index is 1880. The molecule has 0 saturated carbocycles. The maximum atomic E-state index is 13.9. The zero-order valence-corrected chi connectivity index (χ0v) is 22.4. The summed E-state index contributed by atoms with van der Waals surface area (Å²) < 4.78 is 27.0. The molecule has 0 spiro atoms. The Morgan fingerprint density at radius 1 is 0.381 bits per heavy atom. The molecule has 4 heteroatoms. The van der Waals surface area contributed by atoms with Crippen molar-refractivity contribution in [3.63, 3.8) is 0 Å². The van der Waals surface area contributed by atoms with Crippen molar-refractivity contribution in [1.29, 1.82) is 0 Å². The van der Waals surface area contributed by atoms with E-state index in [1.165, 1.54) is 48.5 Å². The molecule has 6 aromatic rings. The van der Waals surface area contributed by atoms with Gasteiger partial charge in [-0.2, -0.15) is 0 Å². The molecular weight excluding hydrogens is 526 g/mol. The van der Waals surface area contributed by atoms with Gasteiger partial charge in [0.15, 0.2) is 11.6 Å². The smallest absolute Gasteiger partial charge is 0.193 e. The van der Waals surface area contributed by atoms with Crippen molar-refractivity contribution >= 4 is 11.6 Å². The number of carbonyl (C=O) groups excluding carboxylic acids is 2. The quantitative estimate of drug-likeness (QED) is 0.186. The third-order valence-corrected chi connectivity index (χ3v) is 7.25. The maximum Gasteiger partial charge on any atom is 0.193 e. The molecule has 0 aromatic heterocycles. The number of ketones is 2. The number of benzene rings is 6. The van der Waals surface area contributed by atoms with Crippen molar-refractivity contribution in [2.45, 2.75) is 0 Å². The Labute approximate surface area is 242 Å². The first-order valence-corrected chi connectivity index (χ1v) is 13.5. The van der Waals surface area contributed by atoms with Crippen LogP contribution in [0.1, 0.15) is 31.8 Å². The van der Waals surface area contributed by atoms with E-state index in [2.05, 4.69) is 0 Å². The average Bonchev–Trinajstić information content (AvgIpc) is 3.05. The van der Waals surface area contributed by atoms with Gasteiger partial charge >= 0.3 is 0 Å². The van der Waals surface area contributed by atoms with E-state index < -0.39 is 11.6 Å². The highest BCUT2D eigenvalue weighted by Crippen LogP contribution is 2.43. The molecule has 0 radical (unpaired) electrons. The summed E-state index contributed by atoms with van der Waals surface area (Å²) >= 11 is 0. The zero-order valence-electron chi connectivity index (χ0n) is 22.4. The molecule has 0 aliphatic rings. The minimum Gasteiger partial charge on any atom is -0.289 e. The van der Waals surface area contributed by atoms with E-state index in [0.717, 1.165) is 33.4 Å². The SMILES string of the molecule is O=C(c1ccc(F)cc1)c1ccc(-c2ccc(C(=O)c3ccc(F)cc3)c(-c3ccccc3)c2-c2ccccc2)cc1. The predicted molar refractivity (Wildman–Crippen MR) is 162 cm³/mol. The number of hydrogen-bond acceptors (Lipinski definition) is 2. The third-order valence-electron chi connectivity index (χ3n) is 7.25. The fourth-order valence-electron chi connectivity index (χ4n) is 5.17. The number of hydrogen-bond donors (Lipinski definition) is 0. The lowest BCUT2D eigenvalue weighted by molar-refractivity contribution is 0.103. The molecule has 0 aliphatic carbocycles. The fraction of sp³-hybridized carbons (Fsp3) is 0. The van der Waals surface area contributed by atoms with Crippen molar-refractivity contribution in [3.05, 3.63) is 179 Å². The van der Waals surface area contributed by atoms with E-state index in [1.54, 1.807) is 12.1 Å². The first-order valence-electron chi connectivity index (χ1n) is 13.5. The number of halogens is 2. The summed E-state index contributed by atoms with van der Waals surface area (Å²) in [6.45, 7) is 0. The van der Waals surface area contributed by atoms with Crippen molar-refractivity contribution in [2.24, 2.45) is 0 Å². The van der Waals surface area contributed by atoms with Gasteiger partial charge in [-0.3, -0.25) is 9.59 Å². The van der Waals surface area contributed by atoms with Gasteiger partial charge in [0, 0.05) is 27.8 Å². The van der Waals surface area contributed by atoms with E-state index >= 15 is 0 Å². The van der Waals surface area contributed by atoms with Crippen LogP contribution in [0.3, 0.4) is 0 Å². The lowest BCUT2D eigenvalue weighted by atomic mass is 9.82. The Hall–Kier alpha value is -5.48. The highest BCUT2D eigenvalue weighted by atomic mass is 19.1. The first kappa shape index (κ1) is 26.7. The fourth-order valence-corrected chi connectivity index (χ4v) is 5.17. The summed E-state index contributed by atoms with van der Waals surface area (Å²) in [4.78, 5) is 26.9. The summed E-state index contributed by atoms with van der Waals surface area (Å²) in [5.41, 5.74) is 6.95. The second-order valence-corrected chi connectivity index (χ2v) is 9.89. The molecule has 0 bridgehead atoms. The lowest BCUT2D eigenvalue weighted by Gasteiger charge is -2.20. The van der Waals surface area contributed by atoms with Gasteiger partial charge in [0.1, 0.15) is 11.6 Å². The molecule has 202 valence electrons. The van der Waals surface area contributed by atoms with Crippen LogP contribution >= 0.6 is 0 Å². The van der Waals surface area contributed by atoms with Crippen molar-refractivity contribution in [2.75, 3.05) is 0 Å². The Balaban J connectivity index is 1.53. The zero-order chi connectivity index (χ0) is 29.1. The summed E-state index contributed by atoms with van der Waals surface area (Å²) in [6, 6.07) is 41.7. The van der Waals surface area contributed by atoms with Gasteiger partial charge in [-0.25, -0.2) is 8.78 Å². The van der Waals surface area contributed by atoms with Gasteiger partial charge in [0.25, 0.3) is 0 Å². The van der Waals surface area contributed by atoms with E-state index in [4.69, 9.17) is 0 Å². The van der Waals surface area contributed by atoms with Crippen LogP contribution in [0, 0.1) is 11.6 Å². The summed E-state index contributed by atoms with van der Waals surface area (Å²) in [5.74, 6) is -1.21. The molecule has 0 N–H and O–H groups in total. The van der Waals surface area contributed by atoms with Crippen molar-refractivity contribution < 1.29 is 18.4 Å². The molecule has 2 nitrogen and oxygen atoms in total. The van der Waals surface area contributed by atoms with Crippen LogP contribution in [0.5, 0.6) is 0 Å². The predicted octanol–water partition coefficient (Wildman–Crippen LogP) is 9.43. The van der Waals surface area contributed by atoms with Crippen LogP contribution in [-0.2, 0) is 0 Å². The molecule has 0 heterocycles. The second kappa shape index (κ2) is 11.6. The van der Waals surface area contributed by atoms with E-state index in [9.17, 15) is 18.4 Å². The molecule has 0 unspecified atom stereocenters.